The Morgan fingerprint density at radius 2 is 1.92 bits per heavy atom. The van der Waals surface area contributed by atoms with Crippen molar-refractivity contribution in [2.45, 2.75) is 42.8 Å². The minimum atomic E-state index is -0.456. The number of anilines is 1. The molecule has 0 fully saturated rings. The van der Waals surface area contributed by atoms with Gasteiger partial charge in [0.15, 0.2) is 5.78 Å². The zero-order valence-corrected chi connectivity index (χ0v) is 23.0. The van der Waals surface area contributed by atoms with E-state index in [1.165, 1.54) is 17.8 Å². The maximum atomic E-state index is 14.2. The van der Waals surface area contributed by atoms with Crippen molar-refractivity contribution in [1.29, 1.82) is 0 Å². The van der Waals surface area contributed by atoms with E-state index in [1.54, 1.807) is 28.9 Å². The SMILES string of the molecule is O=C1CCCC2=C1C(c1cccc(OCc3ccc(Cl)cc3Cl)c1)n1nc(SCc3ccccc3F)nc1N2. The highest BCUT2D eigenvalue weighted by Crippen LogP contribution is 2.41. The fourth-order valence-electron chi connectivity index (χ4n) is 4.84. The molecule has 10 heteroatoms. The van der Waals surface area contributed by atoms with Crippen LogP contribution < -0.4 is 10.1 Å². The minimum absolute atomic E-state index is 0.0923. The van der Waals surface area contributed by atoms with Crippen LogP contribution in [-0.4, -0.2) is 20.5 Å². The number of aromatic nitrogens is 3. The summed E-state index contributed by atoms with van der Waals surface area (Å²) in [5, 5.41) is 9.68. The van der Waals surface area contributed by atoms with Crippen molar-refractivity contribution < 1.29 is 13.9 Å². The van der Waals surface area contributed by atoms with Gasteiger partial charge in [0.2, 0.25) is 11.1 Å². The largest absolute Gasteiger partial charge is 0.489 e. The lowest BCUT2D eigenvalue weighted by Crippen LogP contribution is -2.31. The van der Waals surface area contributed by atoms with Crippen molar-refractivity contribution in [1.82, 2.24) is 14.8 Å². The summed E-state index contributed by atoms with van der Waals surface area (Å²) in [4.78, 5) is 17.9. The molecule has 4 aromatic rings. The monoisotopic (exact) mass is 580 g/mol. The Hall–Kier alpha value is -3.33. The summed E-state index contributed by atoms with van der Waals surface area (Å²) in [6.45, 7) is 0.268. The van der Waals surface area contributed by atoms with Crippen LogP contribution in [0.15, 0.2) is 83.2 Å². The van der Waals surface area contributed by atoms with Gasteiger partial charge in [-0.25, -0.2) is 9.07 Å². The van der Waals surface area contributed by atoms with Gasteiger partial charge in [0.1, 0.15) is 24.2 Å². The van der Waals surface area contributed by atoms with Gasteiger partial charge < -0.3 is 10.1 Å². The van der Waals surface area contributed by atoms with Gasteiger partial charge in [-0.2, -0.15) is 4.98 Å². The number of Topliss-reactive ketones (excluding diaryl/α,β-unsaturated/α-hetero) is 1. The molecule has 0 amide bonds. The molecule has 0 saturated carbocycles. The molecule has 0 saturated heterocycles. The van der Waals surface area contributed by atoms with Crippen molar-refractivity contribution in [2.24, 2.45) is 0 Å². The van der Waals surface area contributed by atoms with Crippen molar-refractivity contribution in [3.8, 4) is 5.75 Å². The van der Waals surface area contributed by atoms with Gasteiger partial charge >= 0.3 is 0 Å². The number of fused-ring (bicyclic) bond motifs is 1. The summed E-state index contributed by atoms with van der Waals surface area (Å²) >= 11 is 13.7. The molecule has 2 heterocycles. The van der Waals surface area contributed by atoms with E-state index in [0.29, 0.717) is 50.2 Å². The smallest absolute Gasteiger partial charge is 0.227 e. The second kappa shape index (κ2) is 11.0. The van der Waals surface area contributed by atoms with E-state index in [-0.39, 0.29) is 18.2 Å². The molecule has 6 rings (SSSR count). The van der Waals surface area contributed by atoms with Gasteiger partial charge in [-0.15, -0.1) is 5.10 Å². The molecule has 1 unspecified atom stereocenters. The lowest BCUT2D eigenvalue weighted by molar-refractivity contribution is -0.116. The molecular formula is C29H23Cl2FN4O2S. The molecule has 1 N–H and O–H groups in total. The van der Waals surface area contributed by atoms with Gasteiger partial charge in [-0.3, -0.25) is 4.79 Å². The van der Waals surface area contributed by atoms with E-state index in [9.17, 15) is 9.18 Å². The Morgan fingerprint density at radius 3 is 2.77 bits per heavy atom. The van der Waals surface area contributed by atoms with Crippen molar-refractivity contribution in [3.05, 3.63) is 111 Å². The van der Waals surface area contributed by atoms with Crippen LogP contribution in [0.2, 0.25) is 10.0 Å². The third-order valence-electron chi connectivity index (χ3n) is 6.75. The summed E-state index contributed by atoms with van der Waals surface area (Å²) in [7, 11) is 0. The number of hydrogen-bond acceptors (Lipinski definition) is 6. The zero-order valence-electron chi connectivity index (χ0n) is 20.7. The topological polar surface area (TPSA) is 69.0 Å². The van der Waals surface area contributed by atoms with Gasteiger partial charge in [0.05, 0.1) is 0 Å². The maximum absolute atomic E-state index is 14.2. The number of ketones is 1. The highest BCUT2D eigenvalue weighted by molar-refractivity contribution is 7.98. The first kappa shape index (κ1) is 25.9. The number of rotatable bonds is 7. The number of hydrogen-bond donors (Lipinski definition) is 1. The Labute approximate surface area is 239 Å². The number of carbonyl (C=O) groups is 1. The van der Waals surface area contributed by atoms with Crippen LogP contribution in [0.1, 0.15) is 42.0 Å². The lowest BCUT2D eigenvalue weighted by Gasteiger charge is -2.32. The molecule has 1 atom stereocenters. The normalized spacial score (nSPS) is 16.5. The number of carbonyl (C=O) groups excluding carboxylic acids is 1. The molecule has 6 nitrogen and oxygen atoms in total. The van der Waals surface area contributed by atoms with Crippen LogP contribution >= 0.6 is 35.0 Å². The molecule has 1 aromatic heterocycles. The number of nitrogens with zero attached hydrogens (tertiary/aromatic N) is 3. The fraction of sp³-hybridized carbons (Fsp3) is 0.207. The molecule has 198 valence electrons. The summed E-state index contributed by atoms with van der Waals surface area (Å²) in [6.07, 6.45) is 2.03. The van der Waals surface area contributed by atoms with Gasteiger partial charge in [0.25, 0.3) is 0 Å². The van der Waals surface area contributed by atoms with Crippen LogP contribution in [0.5, 0.6) is 5.75 Å². The molecule has 39 heavy (non-hydrogen) atoms. The molecule has 0 radical (unpaired) electrons. The Balaban J connectivity index is 1.30. The first-order chi connectivity index (χ1) is 19.0. The van der Waals surface area contributed by atoms with Gasteiger partial charge in [-0.1, -0.05) is 71.4 Å². The average Bonchev–Trinajstić information content (AvgIpc) is 3.34. The van der Waals surface area contributed by atoms with Crippen LogP contribution in [0, 0.1) is 5.82 Å². The van der Waals surface area contributed by atoms with E-state index in [4.69, 9.17) is 33.0 Å². The van der Waals surface area contributed by atoms with Crippen LogP contribution in [0.3, 0.4) is 0 Å². The Kier molecular flexibility index (Phi) is 7.34. The van der Waals surface area contributed by atoms with Crippen LogP contribution in [-0.2, 0) is 17.2 Å². The Morgan fingerprint density at radius 1 is 1.05 bits per heavy atom. The molecule has 0 spiro atoms. The first-order valence-electron chi connectivity index (χ1n) is 12.5. The Bertz CT molecular complexity index is 1610. The zero-order chi connectivity index (χ0) is 26.9. The second-order valence-corrected chi connectivity index (χ2v) is 11.1. The first-order valence-corrected chi connectivity index (χ1v) is 14.2. The molecule has 0 bridgehead atoms. The van der Waals surface area contributed by atoms with E-state index in [0.717, 1.165) is 29.7 Å². The number of nitrogens with one attached hydrogen (secondary N) is 1. The van der Waals surface area contributed by atoms with E-state index < -0.39 is 6.04 Å². The van der Waals surface area contributed by atoms with Crippen molar-refractivity contribution >= 4 is 46.7 Å². The quantitative estimate of drug-likeness (QED) is 0.227. The summed E-state index contributed by atoms with van der Waals surface area (Å²) in [6, 6.07) is 19.1. The predicted molar refractivity (Wildman–Crippen MR) is 151 cm³/mol. The third-order valence-corrected chi connectivity index (χ3v) is 8.22. The number of benzene rings is 3. The fourth-order valence-corrected chi connectivity index (χ4v) is 6.12. The molecule has 1 aliphatic carbocycles. The molecular weight excluding hydrogens is 558 g/mol. The van der Waals surface area contributed by atoms with Crippen LogP contribution in [0.4, 0.5) is 10.3 Å². The number of thioether (sulfide) groups is 1. The number of allylic oxidation sites excluding steroid dienone is 2. The highest BCUT2D eigenvalue weighted by Gasteiger charge is 2.37. The third kappa shape index (κ3) is 5.41. The average molecular weight is 582 g/mol. The van der Waals surface area contributed by atoms with Crippen molar-refractivity contribution in [2.75, 3.05) is 5.32 Å². The maximum Gasteiger partial charge on any atom is 0.227 e. The van der Waals surface area contributed by atoms with E-state index in [1.807, 2.05) is 36.4 Å². The standard InChI is InChI=1S/C29H23Cl2FN4O2S/c30-20-12-11-18(22(31)14-20)15-38-21-7-3-6-17(13-21)27-26-24(9-4-10-25(26)37)33-28-34-29(35-36(27)28)39-16-19-5-1-2-8-23(19)32/h1-3,5-8,11-14,27H,4,9-10,15-16H2,(H,33,34,35). The number of ether oxygens (including phenoxy) is 1. The molecule has 1 aliphatic heterocycles. The molecule has 3 aromatic carbocycles. The summed E-state index contributed by atoms with van der Waals surface area (Å²) < 4.78 is 22.0. The van der Waals surface area contributed by atoms with Crippen LogP contribution in [0.25, 0.3) is 0 Å². The highest BCUT2D eigenvalue weighted by atomic mass is 35.5. The van der Waals surface area contributed by atoms with Gasteiger partial charge in [-0.05, 0) is 54.3 Å². The van der Waals surface area contributed by atoms with Gasteiger partial charge in [0, 0.05) is 39.1 Å². The van der Waals surface area contributed by atoms with E-state index >= 15 is 0 Å². The summed E-state index contributed by atoms with van der Waals surface area (Å²) in [5.74, 6) is 1.42. The predicted octanol–water partition coefficient (Wildman–Crippen LogP) is 7.62. The summed E-state index contributed by atoms with van der Waals surface area (Å²) in [5.41, 5.74) is 3.83. The molecule has 2 aliphatic rings. The van der Waals surface area contributed by atoms with Crippen molar-refractivity contribution in [3.63, 3.8) is 0 Å². The second-order valence-electron chi connectivity index (χ2n) is 9.34. The lowest BCUT2D eigenvalue weighted by atomic mass is 9.85. The van der Waals surface area contributed by atoms with E-state index in [2.05, 4.69) is 10.3 Å². The number of halogens is 3. The minimum Gasteiger partial charge on any atom is -0.489 e.